The Hall–Kier alpha value is -0.680. The normalized spacial score (nSPS) is 10.1. The van der Waals surface area contributed by atoms with Gasteiger partial charge in [0.1, 0.15) is 0 Å². The summed E-state index contributed by atoms with van der Waals surface area (Å²) in [7, 11) is 0. The van der Waals surface area contributed by atoms with Crippen LogP contribution in [0, 0.1) is 0 Å². The second kappa shape index (κ2) is 5.14. The summed E-state index contributed by atoms with van der Waals surface area (Å²) in [5, 5.41) is 8.87. The molecule has 0 unspecified atom stereocenters. The summed E-state index contributed by atoms with van der Waals surface area (Å²) in [5.41, 5.74) is 2.84. The van der Waals surface area contributed by atoms with Gasteiger partial charge in [0.2, 0.25) is 0 Å². The van der Waals surface area contributed by atoms with Gasteiger partial charge < -0.3 is 10.6 Å². The van der Waals surface area contributed by atoms with Crippen molar-refractivity contribution in [3.05, 3.63) is 16.6 Å². The number of thiazole rings is 1. The van der Waals surface area contributed by atoms with E-state index in [0.29, 0.717) is 17.7 Å². The number of hydrogen-bond acceptors (Lipinski definition) is 3. The minimum atomic E-state index is 0.371. The molecule has 3 nitrogen and oxygen atoms in total. The summed E-state index contributed by atoms with van der Waals surface area (Å²) < 4.78 is 0. The van der Waals surface area contributed by atoms with Gasteiger partial charge in [0.25, 0.3) is 0 Å². The first kappa shape index (κ1) is 10.4. The molecule has 0 bridgehead atoms. The van der Waals surface area contributed by atoms with Crippen LogP contribution in [-0.2, 0) is 6.54 Å². The second-order valence-corrected chi connectivity index (χ2v) is 4.09. The Morgan fingerprint density at radius 2 is 2.46 bits per heavy atom. The summed E-state index contributed by atoms with van der Waals surface area (Å²) in [4.78, 5) is 4.14. The molecule has 1 aromatic rings. The van der Waals surface area contributed by atoms with Crippen LogP contribution >= 0.6 is 23.6 Å². The maximum Gasteiger partial charge on any atom is 0.166 e. The molecule has 0 saturated heterocycles. The van der Waals surface area contributed by atoms with Crippen molar-refractivity contribution in [2.45, 2.75) is 26.4 Å². The molecule has 0 aromatic carbocycles. The van der Waals surface area contributed by atoms with E-state index < -0.39 is 0 Å². The van der Waals surface area contributed by atoms with Crippen LogP contribution in [0.3, 0.4) is 0 Å². The fourth-order valence-electron chi connectivity index (χ4n) is 0.809. The molecule has 0 atom stereocenters. The molecule has 0 spiro atoms. The number of nitrogens with zero attached hydrogens (tertiary/aromatic N) is 1. The Morgan fingerprint density at radius 1 is 1.69 bits per heavy atom. The van der Waals surface area contributed by atoms with Crippen molar-refractivity contribution in [1.82, 2.24) is 15.6 Å². The first-order chi connectivity index (χ1) is 6.18. The third-order valence-electron chi connectivity index (χ3n) is 1.33. The molecule has 0 amide bonds. The average molecular weight is 215 g/mol. The topological polar surface area (TPSA) is 37.0 Å². The minimum Gasteiger partial charge on any atom is -0.361 e. The van der Waals surface area contributed by atoms with E-state index in [4.69, 9.17) is 12.2 Å². The highest BCUT2D eigenvalue weighted by atomic mass is 32.1. The van der Waals surface area contributed by atoms with Crippen molar-refractivity contribution < 1.29 is 0 Å². The van der Waals surface area contributed by atoms with E-state index in [9.17, 15) is 0 Å². The quantitative estimate of drug-likeness (QED) is 0.750. The van der Waals surface area contributed by atoms with Gasteiger partial charge in [-0.1, -0.05) is 0 Å². The monoisotopic (exact) mass is 215 g/mol. The Morgan fingerprint density at radius 3 is 3.00 bits per heavy atom. The SMILES string of the molecule is CC(C)NC(=S)NCc1cscn1. The number of rotatable bonds is 3. The third-order valence-corrected chi connectivity index (χ3v) is 2.23. The van der Waals surface area contributed by atoms with Gasteiger partial charge in [0.05, 0.1) is 17.7 Å². The zero-order valence-electron chi connectivity index (χ0n) is 7.70. The van der Waals surface area contributed by atoms with E-state index >= 15 is 0 Å². The first-order valence-corrected chi connectivity index (χ1v) is 5.45. The Labute approximate surface area is 87.6 Å². The zero-order chi connectivity index (χ0) is 9.68. The summed E-state index contributed by atoms with van der Waals surface area (Å²) in [6.45, 7) is 4.80. The minimum absolute atomic E-state index is 0.371. The van der Waals surface area contributed by atoms with Crippen LogP contribution in [-0.4, -0.2) is 16.1 Å². The lowest BCUT2D eigenvalue weighted by Gasteiger charge is -2.11. The first-order valence-electron chi connectivity index (χ1n) is 4.10. The molecule has 0 aliphatic heterocycles. The lowest BCUT2D eigenvalue weighted by molar-refractivity contribution is 0.710. The molecule has 0 aliphatic carbocycles. The lowest BCUT2D eigenvalue weighted by atomic mass is 10.4. The molecule has 5 heteroatoms. The fraction of sp³-hybridized carbons (Fsp3) is 0.500. The van der Waals surface area contributed by atoms with E-state index in [2.05, 4.69) is 29.5 Å². The van der Waals surface area contributed by atoms with Gasteiger partial charge in [-0.15, -0.1) is 11.3 Å². The van der Waals surface area contributed by atoms with E-state index in [1.165, 1.54) is 0 Å². The van der Waals surface area contributed by atoms with E-state index in [1.807, 2.05) is 10.9 Å². The van der Waals surface area contributed by atoms with Crippen LogP contribution in [0.4, 0.5) is 0 Å². The predicted molar refractivity (Wildman–Crippen MR) is 59.8 cm³/mol. The van der Waals surface area contributed by atoms with Gasteiger partial charge in [-0.3, -0.25) is 0 Å². The van der Waals surface area contributed by atoms with Gasteiger partial charge >= 0.3 is 0 Å². The van der Waals surface area contributed by atoms with E-state index in [-0.39, 0.29) is 0 Å². The standard InChI is InChI=1S/C8H13N3S2/c1-6(2)11-8(12)9-3-7-4-13-5-10-7/h4-6H,3H2,1-2H3,(H2,9,11,12). The van der Waals surface area contributed by atoms with Crippen LogP contribution in [0.2, 0.25) is 0 Å². The Balaban J connectivity index is 2.23. The lowest BCUT2D eigenvalue weighted by Crippen LogP contribution is -2.38. The van der Waals surface area contributed by atoms with Crippen molar-refractivity contribution in [1.29, 1.82) is 0 Å². The highest BCUT2D eigenvalue weighted by Crippen LogP contribution is 1.99. The Bertz CT molecular complexity index is 256. The number of nitrogens with one attached hydrogen (secondary N) is 2. The highest BCUT2D eigenvalue weighted by molar-refractivity contribution is 7.80. The van der Waals surface area contributed by atoms with Crippen molar-refractivity contribution >= 4 is 28.7 Å². The smallest absolute Gasteiger partial charge is 0.166 e. The summed E-state index contributed by atoms with van der Waals surface area (Å²) >= 11 is 6.65. The number of thiocarbonyl (C=S) groups is 1. The molecule has 0 aliphatic rings. The molecular weight excluding hydrogens is 202 g/mol. The van der Waals surface area contributed by atoms with Crippen molar-refractivity contribution in [3.63, 3.8) is 0 Å². The zero-order valence-corrected chi connectivity index (χ0v) is 9.34. The predicted octanol–water partition coefficient (Wildman–Crippen LogP) is 1.52. The van der Waals surface area contributed by atoms with Crippen LogP contribution in [0.15, 0.2) is 10.9 Å². The van der Waals surface area contributed by atoms with Gasteiger partial charge in [-0.25, -0.2) is 4.98 Å². The molecule has 1 aromatic heterocycles. The summed E-state index contributed by atoms with van der Waals surface area (Å²) in [6, 6.07) is 0.371. The largest absolute Gasteiger partial charge is 0.361 e. The van der Waals surface area contributed by atoms with Crippen LogP contribution < -0.4 is 10.6 Å². The maximum atomic E-state index is 5.06. The van der Waals surface area contributed by atoms with Crippen LogP contribution in [0.25, 0.3) is 0 Å². The molecule has 0 radical (unpaired) electrons. The van der Waals surface area contributed by atoms with Gasteiger partial charge in [0.15, 0.2) is 5.11 Å². The number of hydrogen-bond donors (Lipinski definition) is 2. The molecule has 0 fully saturated rings. The second-order valence-electron chi connectivity index (χ2n) is 2.96. The van der Waals surface area contributed by atoms with Crippen LogP contribution in [0.5, 0.6) is 0 Å². The van der Waals surface area contributed by atoms with Gasteiger partial charge in [-0.05, 0) is 26.1 Å². The molecule has 0 saturated carbocycles. The molecule has 13 heavy (non-hydrogen) atoms. The third kappa shape index (κ3) is 4.19. The van der Waals surface area contributed by atoms with E-state index in [0.717, 1.165) is 5.69 Å². The molecular formula is C8H13N3S2. The van der Waals surface area contributed by atoms with Gasteiger partial charge in [-0.2, -0.15) is 0 Å². The molecule has 2 N–H and O–H groups in total. The summed E-state index contributed by atoms with van der Waals surface area (Å²) in [5.74, 6) is 0. The highest BCUT2D eigenvalue weighted by Gasteiger charge is 1.98. The fourth-order valence-corrected chi connectivity index (χ4v) is 1.68. The summed E-state index contributed by atoms with van der Waals surface area (Å²) in [6.07, 6.45) is 0. The maximum absolute atomic E-state index is 5.06. The van der Waals surface area contributed by atoms with Crippen molar-refractivity contribution in [2.75, 3.05) is 0 Å². The van der Waals surface area contributed by atoms with Crippen molar-refractivity contribution in [3.8, 4) is 0 Å². The Kier molecular flexibility index (Phi) is 4.11. The van der Waals surface area contributed by atoms with Gasteiger partial charge in [0, 0.05) is 11.4 Å². The average Bonchev–Trinajstić information content (AvgIpc) is 2.51. The number of aromatic nitrogens is 1. The molecule has 72 valence electrons. The molecule has 1 rings (SSSR count). The molecule has 1 heterocycles. The van der Waals surface area contributed by atoms with Crippen molar-refractivity contribution in [2.24, 2.45) is 0 Å². The van der Waals surface area contributed by atoms with E-state index in [1.54, 1.807) is 11.3 Å². The van der Waals surface area contributed by atoms with Crippen LogP contribution in [0.1, 0.15) is 19.5 Å².